The Morgan fingerprint density at radius 1 is 0.462 bits per heavy atom. The van der Waals surface area contributed by atoms with Crippen LogP contribution in [0.3, 0.4) is 0 Å². The molecule has 11 heteroatoms. The fraction of sp³-hybridized carbons (Fsp3) is 0.0556. The summed E-state index contributed by atoms with van der Waals surface area (Å²) in [5, 5.41) is 49.0. The number of furan rings is 2. The van der Waals surface area contributed by atoms with E-state index in [4.69, 9.17) is 31.6 Å². The van der Waals surface area contributed by atoms with Crippen LogP contribution < -0.4 is 5.46 Å². The minimum Gasteiger partial charge on any atom is -0.508 e. The van der Waals surface area contributed by atoms with E-state index in [9.17, 15) is 20.4 Å². The number of aromatic nitrogens is 4. The Kier molecular flexibility index (Phi) is 7.40. The van der Waals surface area contributed by atoms with E-state index in [0.29, 0.717) is 33.5 Å². The first-order chi connectivity index (χ1) is 31.6. The van der Waals surface area contributed by atoms with Crippen LogP contribution in [0.15, 0.2) is 148 Å². The third-order valence-electron chi connectivity index (χ3n) is 13.3. The Morgan fingerprint density at radius 3 is 1.82 bits per heavy atom. The van der Waals surface area contributed by atoms with Gasteiger partial charge in [-0.05, 0) is 76.2 Å². The maximum absolute atomic E-state index is 11.3. The van der Waals surface area contributed by atoms with Gasteiger partial charge in [0.2, 0.25) is 5.75 Å². The molecule has 1 aliphatic carbocycles. The average Bonchev–Trinajstić information content (AvgIpc) is 4.06. The summed E-state index contributed by atoms with van der Waals surface area (Å²) in [4.78, 5) is 14.7. The number of hydrogen-bond acceptors (Lipinski definition) is 9. The molecule has 13 rings (SSSR count). The van der Waals surface area contributed by atoms with Gasteiger partial charge in [0, 0.05) is 60.6 Å². The molecule has 2 radical (unpaired) electrons. The van der Waals surface area contributed by atoms with Crippen molar-refractivity contribution in [2.24, 2.45) is 0 Å². The van der Waals surface area contributed by atoms with Crippen molar-refractivity contribution in [1.29, 1.82) is 0 Å². The van der Waals surface area contributed by atoms with E-state index < -0.39 is 28.5 Å². The number of phenolic OH excluding ortho intramolecular Hbond substituents is 4. The number of nitrogens with zero attached hydrogens (tertiary/aromatic N) is 4. The predicted octanol–water partition coefficient (Wildman–Crippen LogP) is 11.7. The van der Waals surface area contributed by atoms with Gasteiger partial charge in [-0.2, -0.15) is 0 Å². The minimum absolute atomic E-state index is 0.178. The van der Waals surface area contributed by atoms with Gasteiger partial charge in [-0.15, -0.1) is 0 Å². The molecule has 0 atom stereocenters. The number of phenols is 4. The maximum Gasteiger partial charge on any atom is 0.200 e. The molecule has 4 N–H and O–H groups in total. The Hall–Kier alpha value is -8.57. The lowest BCUT2D eigenvalue weighted by atomic mass is 9.82. The Balaban J connectivity index is 1.04. The lowest BCUT2D eigenvalue weighted by Gasteiger charge is -2.21. The highest BCUT2D eigenvalue weighted by molar-refractivity contribution is 6.37. The summed E-state index contributed by atoms with van der Waals surface area (Å²) in [6, 6.07) is 46.9. The third kappa shape index (κ3) is 5.03. The number of benzene rings is 8. The standard InChI is InChI=1S/C54H33BN4O6/c1-54(2)35-16-6-3-11-27(35)33-24-34-28-12-4-7-17-37(28)59(38(34)25-36(33)54)26-21-22-30-42(23-26)65-41-20-10-15-32(44(30)41)52-56-51(31-14-9-19-40-43(31)29-13-5-8-18-39(29)64-40)57-53(58-52)45-47(60)46(55)49(62)50(63)48(45)61/h3-25,60-63H,1-2H3. The molecule has 0 spiro atoms. The summed E-state index contributed by atoms with van der Waals surface area (Å²) >= 11 is 0. The van der Waals surface area contributed by atoms with Gasteiger partial charge < -0.3 is 33.8 Å². The molecule has 0 fully saturated rings. The maximum atomic E-state index is 11.3. The van der Waals surface area contributed by atoms with E-state index in [1.165, 1.54) is 27.6 Å². The molecule has 308 valence electrons. The zero-order valence-corrected chi connectivity index (χ0v) is 34.8. The van der Waals surface area contributed by atoms with Gasteiger partial charge in [-0.25, -0.2) is 15.0 Å². The number of para-hydroxylation sites is 2. The lowest BCUT2D eigenvalue weighted by Crippen LogP contribution is -2.14. The summed E-state index contributed by atoms with van der Waals surface area (Å²) in [5.41, 5.74) is 10.8. The van der Waals surface area contributed by atoms with Crippen LogP contribution in [-0.4, -0.2) is 47.8 Å². The molecule has 4 heterocycles. The van der Waals surface area contributed by atoms with Crippen molar-refractivity contribution in [2.45, 2.75) is 19.3 Å². The van der Waals surface area contributed by atoms with Crippen LogP contribution in [0.2, 0.25) is 0 Å². The first kappa shape index (κ1) is 37.0. The third-order valence-corrected chi connectivity index (χ3v) is 13.3. The Bertz CT molecular complexity index is 4040. The molecule has 4 aromatic heterocycles. The molecular formula is C54H33BN4O6. The Labute approximate surface area is 370 Å². The van der Waals surface area contributed by atoms with Crippen LogP contribution in [-0.2, 0) is 5.41 Å². The predicted molar refractivity (Wildman–Crippen MR) is 255 cm³/mol. The SMILES string of the molecule is [B]c1c(O)c(O)c(O)c(-c2nc(-c3cccc4oc5ccccc5c34)nc(-c3cccc4oc5cc(-n6c7ccccc7c7cc8c(cc76)C(C)(C)c6ccccc6-8)ccc5c34)n2)c1O. The van der Waals surface area contributed by atoms with E-state index in [2.05, 4.69) is 91.2 Å². The molecule has 8 aromatic carbocycles. The van der Waals surface area contributed by atoms with Crippen molar-refractivity contribution in [2.75, 3.05) is 0 Å². The molecule has 0 saturated heterocycles. The Morgan fingerprint density at radius 2 is 1.06 bits per heavy atom. The van der Waals surface area contributed by atoms with Gasteiger partial charge in [0.25, 0.3) is 0 Å². The number of hydrogen-bond donors (Lipinski definition) is 4. The van der Waals surface area contributed by atoms with Crippen molar-refractivity contribution < 1.29 is 29.3 Å². The van der Waals surface area contributed by atoms with Gasteiger partial charge in [-0.1, -0.05) is 98.8 Å². The topological polar surface area (TPSA) is 151 Å². The van der Waals surface area contributed by atoms with Gasteiger partial charge in [0.15, 0.2) is 29.0 Å². The van der Waals surface area contributed by atoms with Crippen molar-refractivity contribution >= 4 is 79.0 Å². The molecule has 0 amide bonds. The fourth-order valence-corrected chi connectivity index (χ4v) is 10.2. The zero-order chi connectivity index (χ0) is 44.0. The smallest absolute Gasteiger partial charge is 0.200 e. The molecule has 65 heavy (non-hydrogen) atoms. The summed E-state index contributed by atoms with van der Waals surface area (Å²) in [6.45, 7) is 4.59. The van der Waals surface area contributed by atoms with Crippen molar-refractivity contribution in [1.82, 2.24) is 19.5 Å². The largest absolute Gasteiger partial charge is 0.508 e. The summed E-state index contributed by atoms with van der Waals surface area (Å²) in [5.74, 6) is -3.21. The van der Waals surface area contributed by atoms with Gasteiger partial charge in [0.1, 0.15) is 41.5 Å². The second-order valence-corrected chi connectivity index (χ2v) is 17.2. The second kappa shape index (κ2) is 13.0. The number of fused-ring (bicyclic) bond motifs is 12. The summed E-state index contributed by atoms with van der Waals surface area (Å²) < 4.78 is 15.2. The fourth-order valence-electron chi connectivity index (χ4n) is 10.2. The minimum atomic E-state index is -0.929. The molecule has 0 unspecified atom stereocenters. The summed E-state index contributed by atoms with van der Waals surface area (Å²) in [7, 11) is 6.03. The highest BCUT2D eigenvalue weighted by atomic mass is 16.3. The molecule has 10 nitrogen and oxygen atoms in total. The molecule has 0 saturated carbocycles. The normalized spacial score (nSPS) is 13.2. The lowest BCUT2D eigenvalue weighted by molar-refractivity contribution is 0.365. The highest BCUT2D eigenvalue weighted by Gasteiger charge is 2.36. The molecule has 0 aliphatic heterocycles. The van der Waals surface area contributed by atoms with Crippen molar-refractivity contribution in [3.63, 3.8) is 0 Å². The van der Waals surface area contributed by atoms with Crippen LogP contribution in [0.1, 0.15) is 25.0 Å². The van der Waals surface area contributed by atoms with E-state index in [1.54, 1.807) is 0 Å². The molecule has 12 aromatic rings. The van der Waals surface area contributed by atoms with E-state index in [1.807, 2.05) is 66.7 Å². The van der Waals surface area contributed by atoms with E-state index >= 15 is 0 Å². The number of aromatic hydroxyl groups is 4. The van der Waals surface area contributed by atoms with E-state index in [0.717, 1.165) is 43.7 Å². The number of rotatable bonds is 4. The van der Waals surface area contributed by atoms with Crippen molar-refractivity contribution in [3.8, 4) is 74.0 Å². The quantitative estimate of drug-likeness (QED) is 0.0771. The van der Waals surface area contributed by atoms with Gasteiger partial charge >= 0.3 is 0 Å². The highest BCUT2D eigenvalue weighted by Crippen LogP contribution is 2.52. The van der Waals surface area contributed by atoms with Crippen LogP contribution in [0.4, 0.5) is 0 Å². The monoisotopic (exact) mass is 844 g/mol. The first-order valence-electron chi connectivity index (χ1n) is 21.1. The van der Waals surface area contributed by atoms with Gasteiger partial charge in [0.05, 0.1) is 11.0 Å². The van der Waals surface area contributed by atoms with Crippen LogP contribution in [0.25, 0.3) is 117 Å². The summed E-state index contributed by atoms with van der Waals surface area (Å²) in [6.07, 6.45) is 0. The molecule has 0 bridgehead atoms. The van der Waals surface area contributed by atoms with Crippen LogP contribution in [0.5, 0.6) is 23.0 Å². The van der Waals surface area contributed by atoms with E-state index in [-0.39, 0.29) is 28.5 Å². The molecular weight excluding hydrogens is 811 g/mol. The van der Waals surface area contributed by atoms with Crippen LogP contribution in [0, 0.1) is 0 Å². The average molecular weight is 845 g/mol. The second-order valence-electron chi connectivity index (χ2n) is 17.2. The van der Waals surface area contributed by atoms with Crippen LogP contribution >= 0.6 is 0 Å². The molecule has 1 aliphatic rings. The zero-order valence-electron chi connectivity index (χ0n) is 34.8. The van der Waals surface area contributed by atoms with Gasteiger partial charge in [-0.3, -0.25) is 0 Å². The van der Waals surface area contributed by atoms with Crippen molar-refractivity contribution in [3.05, 3.63) is 151 Å². The first-order valence-corrected chi connectivity index (χ1v) is 21.1.